The van der Waals surface area contributed by atoms with E-state index in [4.69, 9.17) is 9.47 Å². The molecular weight excluding hydrogens is 308 g/mol. The molecule has 7 heteroatoms. The lowest BCUT2D eigenvalue weighted by Crippen LogP contribution is -2.45. The molecule has 1 saturated heterocycles. The first-order chi connectivity index (χ1) is 11.7. The highest BCUT2D eigenvalue weighted by Crippen LogP contribution is 2.17. The Bertz CT molecular complexity index is 701. The number of aromatic nitrogens is 3. The summed E-state index contributed by atoms with van der Waals surface area (Å²) in [5, 5.41) is 7.19. The number of amides is 1. The van der Waals surface area contributed by atoms with Gasteiger partial charge in [0.25, 0.3) is 0 Å². The summed E-state index contributed by atoms with van der Waals surface area (Å²) in [6.45, 7) is 5.66. The molecular formula is C17H22N4O3. The minimum absolute atomic E-state index is 0.0438. The van der Waals surface area contributed by atoms with Crippen molar-refractivity contribution < 1.29 is 14.3 Å². The van der Waals surface area contributed by atoms with Gasteiger partial charge in [-0.1, -0.05) is 0 Å². The molecule has 1 amide bonds. The Morgan fingerprint density at radius 2 is 2.33 bits per heavy atom. The molecule has 1 aliphatic rings. The van der Waals surface area contributed by atoms with Gasteiger partial charge in [-0.2, -0.15) is 5.10 Å². The summed E-state index contributed by atoms with van der Waals surface area (Å²) in [7, 11) is 0. The van der Waals surface area contributed by atoms with E-state index in [1.807, 2.05) is 26.1 Å². The highest BCUT2D eigenvalue weighted by atomic mass is 16.5. The summed E-state index contributed by atoms with van der Waals surface area (Å²) in [6.07, 6.45) is 7.11. The molecule has 3 heterocycles. The molecule has 3 rings (SSSR count). The van der Waals surface area contributed by atoms with Crippen molar-refractivity contribution >= 4 is 5.91 Å². The first-order valence-electron chi connectivity index (χ1n) is 8.11. The number of aryl methyl sites for hydroxylation is 2. The van der Waals surface area contributed by atoms with Crippen LogP contribution in [0.15, 0.2) is 30.9 Å². The normalized spacial score (nSPS) is 20.1. The maximum Gasteiger partial charge on any atom is 0.224 e. The van der Waals surface area contributed by atoms with Crippen molar-refractivity contribution in [2.45, 2.75) is 39.0 Å². The number of hydrogen-bond acceptors (Lipinski definition) is 5. The summed E-state index contributed by atoms with van der Waals surface area (Å²) in [5.41, 5.74) is 1.98. The molecule has 1 aliphatic heterocycles. The third-order valence-electron chi connectivity index (χ3n) is 4.08. The number of rotatable bonds is 6. The lowest BCUT2D eigenvalue weighted by Gasteiger charge is -2.19. The van der Waals surface area contributed by atoms with Crippen LogP contribution in [-0.2, 0) is 22.5 Å². The molecule has 2 aromatic rings. The number of carbonyl (C=O) groups excluding carboxylic acids is 1. The van der Waals surface area contributed by atoms with Gasteiger partial charge in [-0.15, -0.1) is 0 Å². The van der Waals surface area contributed by atoms with Crippen molar-refractivity contribution in [3.8, 4) is 5.75 Å². The molecule has 0 bridgehead atoms. The van der Waals surface area contributed by atoms with E-state index < -0.39 is 0 Å². The maximum atomic E-state index is 12.3. The average Bonchev–Trinajstić information content (AvgIpc) is 3.20. The van der Waals surface area contributed by atoms with Gasteiger partial charge in [0.1, 0.15) is 6.10 Å². The predicted octanol–water partition coefficient (Wildman–Crippen LogP) is 1.11. The highest BCUT2D eigenvalue weighted by molar-refractivity contribution is 5.79. The van der Waals surface area contributed by atoms with Crippen LogP contribution in [0.2, 0.25) is 0 Å². The smallest absolute Gasteiger partial charge is 0.224 e. The Labute approximate surface area is 141 Å². The highest BCUT2D eigenvalue weighted by Gasteiger charge is 2.31. The third-order valence-corrected chi connectivity index (χ3v) is 4.08. The van der Waals surface area contributed by atoms with Crippen LogP contribution in [0.3, 0.4) is 0 Å². The van der Waals surface area contributed by atoms with Gasteiger partial charge in [0.05, 0.1) is 38.1 Å². The number of hydrogen-bond donors (Lipinski definition) is 1. The molecule has 0 aromatic carbocycles. The Balaban J connectivity index is 1.57. The number of pyridine rings is 1. The van der Waals surface area contributed by atoms with Gasteiger partial charge in [0.15, 0.2) is 5.75 Å². The van der Waals surface area contributed by atoms with Gasteiger partial charge in [-0.25, -0.2) is 0 Å². The topological polar surface area (TPSA) is 78.3 Å². The monoisotopic (exact) mass is 330 g/mol. The molecule has 0 aliphatic carbocycles. The van der Waals surface area contributed by atoms with Crippen LogP contribution in [0.4, 0.5) is 0 Å². The summed E-state index contributed by atoms with van der Waals surface area (Å²) in [4.78, 5) is 16.4. The number of carbonyl (C=O) groups is 1. The second-order valence-electron chi connectivity index (χ2n) is 5.88. The van der Waals surface area contributed by atoms with Crippen LogP contribution < -0.4 is 10.1 Å². The molecule has 128 valence electrons. The lowest BCUT2D eigenvalue weighted by atomic mass is 10.1. The standard InChI is InChI=1S/C17H22N4O3/c1-3-21-9-14(8-19-21)24-16-11-23-10-15(16)20-17(22)6-13-4-5-18-7-12(13)2/h4-5,7-9,15-16H,3,6,10-11H2,1-2H3,(H,20,22)/t15-,16+/m0/s1. The van der Waals surface area contributed by atoms with Gasteiger partial charge in [-0.05, 0) is 31.0 Å². The zero-order chi connectivity index (χ0) is 16.9. The van der Waals surface area contributed by atoms with Crippen molar-refractivity contribution in [2.75, 3.05) is 13.2 Å². The number of ether oxygens (including phenoxy) is 2. The van der Waals surface area contributed by atoms with Crippen LogP contribution in [0.25, 0.3) is 0 Å². The van der Waals surface area contributed by atoms with Crippen LogP contribution in [0, 0.1) is 6.92 Å². The van der Waals surface area contributed by atoms with E-state index in [2.05, 4.69) is 15.4 Å². The fraction of sp³-hybridized carbons (Fsp3) is 0.471. The second kappa shape index (κ2) is 7.44. The van der Waals surface area contributed by atoms with E-state index in [1.54, 1.807) is 23.3 Å². The van der Waals surface area contributed by atoms with Crippen molar-refractivity contribution in [1.82, 2.24) is 20.1 Å². The van der Waals surface area contributed by atoms with Gasteiger partial charge >= 0.3 is 0 Å². The number of nitrogens with zero attached hydrogens (tertiary/aromatic N) is 3. The first kappa shape index (κ1) is 16.4. The van der Waals surface area contributed by atoms with E-state index in [1.165, 1.54) is 0 Å². The Morgan fingerprint density at radius 1 is 1.46 bits per heavy atom. The van der Waals surface area contributed by atoms with Gasteiger partial charge in [0.2, 0.25) is 5.91 Å². The Hall–Kier alpha value is -2.41. The Kier molecular flexibility index (Phi) is 5.10. The fourth-order valence-electron chi connectivity index (χ4n) is 2.67. The summed E-state index contributed by atoms with van der Waals surface area (Å²) in [5.74, 6) is 0.647. The van der Waals surface area contributed by atoms with E-state index in [0.717, 1.165) is 17.7 Å². The predicted molar refractivity (Wildman–Crippen MR) is 87.7 cm³/mol. The summed E-state index contributed by atoms with van der Waals surface area (Å²) in [6, 6.07) is 1.71. The van der Waals surface area contributed by atoms with Crippen molar-refractivity contribution in [3.05, 3.63) is 42.0 Å². The molecule has 24 heavy (non-hydrogen) atoms. The van der Waals surface area contributed by atoms with E-state index in [-0.39, 0.29) is 18.1 Å². The average molecular weight is 330 g/mol. The molecule has 0 radical (unpaired) electrons. The zero-order valence-electron chi connectivity index (χ0n) is 13.9. The van der Waals surface area contributed by atoms with Crippen LogP contribution in [0.1, 0.15) is 18.1 Å². The van der Waals surface area contributed by atoms with Crippen LogP contribution in [-0.4, -0.2) is 46.0 Å². The maximum absolute atomic E-state index is 12.3. The third kappa shape index (κ3) is 3.91. The van der Waals surface area contributed by atoms with Crippen LogP contribution in [0.5, 0.6) is 5.75 Å². The van der Waals surface area contributed by atoms with Crippen molar-refractivity contribution in [1.29, 1.82) is 0 Å². The van der Waals surface area contributed by atoms with E-state index in [0.29, 0.717) is 25.4 Å². The molecule has 1 N–H and O–H groups in total. The summed E-state index contributed by atoms with van der Waals surface area (Å²) >= 11 is 0. The zero-order valence-corrected chi connectivity index (χ0v) is 13.9. The minimum atomic E-state index is -0.206. The quantitative estimate of drug-likeness (QED) is 0.858. The minimum Gasteiger partial charge on any atom is -0.482 e. The van der Waals surface area contributed by atoms with Gasteiger partial charge < -0.3 is 14.8 Å². The molecule has 0 saturated carbocycles. The molecule has 1 fully saturated rings. The first-order valence-corrected chi connectivity index (χ1v) is 8.11. The second-order valence-corrected chi connectivity index (χ2v) is 5.88. The molecule has 2 atom stereocenters. The van der Waals surface area contributed by atoms with Crippen molar-refractivity contribution in [3.63, 3.8) is 0 Å². The fourth-order valence-corrected chi connectivity index (χ4v) is 2.67. The molecule has 2 aromatic heterocycles. The van der Waals surface area contributed by atoms with E-state index >= 15 is 0 Å². The SMILES string of the molecule is CCn1cc(O[C@@H]2COC[C@@H]2NC(=O)Cc2ccncc2C)cn1. The molecule has 7 nitrogen and oxygen atoms in total. The van der Waals surface area contributed by atoms with Crippen molar-refractivity contribution in [2.24, 2.45) is 0 Å². The lowest BCUT2D eigenvalue weighted by molar-refractivity contribution is -0.121. The summed E-state index contributed by atoms with van der Waals surface area (Å²) < 4.78 is 13.2. The molecule has 0 spiro atoms. The molecule has 0 unspecified atom stereocenters. The van der Waals surface area contributed by atoms with E-state index in [9.17, 15) is 4.79 Å². The van der Waals surface area contributed by atoms with Gasteiger partial charge in [0, 0.05) is 18.9 Å². The van der Waals surface area contributed by atoms with Crippen LogP contribution >= 0.6 is 0 Å². The van der Waals surface area contributed by atoms with Gasteiger partial charge in [-0.3, -0.25) is 14.5 Å². The Morgan fingerprint density at radius 3 is 3.08 bits per heavy atom. The largest absolute Gasteiger partial charge is 0.482 e. The number of nitrogens with one attached hydrogen (secondary N) is 1.